The molecule has 0 aromatic rings. The van der Waals surface area contributed by atoms with Crippen molar-refractivity contribution in [3.63, 3.8) is 0 Å². The molecule has 68 valence electrons. The van der Waals surface area contributed by atoms with Crippen LogP contribution in [0.1, 0.15) is 32.6 Å². The molecule has 2 fully saturated rings. The van der Waals surface area contributed by atoms with Crippen LogP contribution in [0.15, 0.2) is 0 Å². The van der Waals surface area contributed by atoms with E-state index in [4.69, 9.17) is 9.47 Å². The largest absolute Gasteiger partial charge is 0.375 e. The molecular formula is C10H16O2. The summed E-state index contributed by atoms with van der Waals surface area (Å²) in [6, 6.07) is 0. The minimum absolute atomic E-state index is 0.180. The van der Waals surface area contributed by atoms with Gasteiger partial charge in [0.1, 0.15) is 6.10 Å². The third-order valence-corrected chi connectivity index (χ3v) is 2.78. The Balaban J connectivity index is 1.68. The van der Waals surface area contributed by atoms with Crippen LogP contribution in [0.5, 0.6) is 0 Å². The van der Waals surface area contributed by atoms with Crippen molar-refractivity contribution in [2.75, 3.05) is 6.61 Å². The second kappa shape index (κ2) is 3.75. The molecule has 1 saturated carbocycles. The lowest BCUT2D eigenvalue weighted by atomic mass is 9.88. The van der Waals surface area contributed by atoms with Gasteiger partial charge in [0, 0.05) is 0 Å². The Kier molecular flexibility index (Phi) is 2.66. The summed E-state index contributed by atoms with van der Waals surface area (Å²) in [5.74, 6) is 0.734. The number of epoxide rings is 1. The molecule has 1 aliphatic carbocycles. The molecule has 2 heteroatoms. The van der Waals surface area contributed by atoms with Crippen LogP contribution < -0.4 is 0 Å². The van der Waals surface area contributed by atoms with Gasteiger partial charge in [-0.3, -0.25) is 0 Å². The predicted molar refractivity (Wildman–Crippen MR) is 45.5 cm³/mol. The maximum Gasteiger partial charge on any atom is 0.166 e. The summed E-state index contributed by atoms with van der Waals surface area (Å²) in [6.07, 6.45) is 5.91. The van der Waals surface area contributed by atoms with Crippen LogP contribution in [0.2, 0.25) is 0 Å². The zero-order valence-corrected chi connectivity index (χ0v) is 7.58. The third kappa shape index (κ3) is 2.20. The Morgan fingerprint density at radius 2 is 2.17 bits per heavy atom. The van der Waals surface area contributed by atoms with Gasteiger partial charge in [-0.05, 0) is 18.8 Å². The van der Waals surface area contributed by atoms with E-state index in [2.05, 4.69) is 13.5 Å². The van der Waals surface area contributed by atoms with E-state index in [1.807, 2.05) is 0 Å². The number of hydrogen-bond acceptors (Lipinski definition) is 2. The summed E-state index contributed by atoms with van der Waals surface area (Å²) in [6.45, 7) is 5.76. The van der Waals surface area contributed by atoms with E-state index in [0.29, 0.717) is 6.10 Å². The van der Waals surface area contributed by atoms with Crippen molar-refractivity contribution >= 4 is 0 Å². The van der Waals surface area contributed by atoms with Gasteiger partial charge in [0.2, 0.25) is 0 Å². The predicted octanol–water partition coefficient (Wildman–Crippen LogP) is 2.02. The van der Waals surface area contributed by atoms with Gasteiger partial charge in [-0.1, -0.05) is 19.8 Å². The van der Waals surface area contributed by atoms with Crippen LogP contribution in [0.25, 0.3) is 0 Å². The van der Waals surface area contributed by atoms with Crippen LogP contribution in [0.3, 0.4) is 0 Å². The zero-order chi connectivity index (χ0) is 8.39. The average Bonchev–Trinajstić information content (AvgIpc) is 2.86. The summed E-state index contributed by atoms with van der Waals surface area (Å²) >= 11 is 0. The second-order valence-corrected chi connectivity index (χ2v) is 3.86. The standard InChI is InChI=1S/C10H16O2/c1-8-4-2-3-5-10(8)12-7-9-6-11-9/h8-10H,2-5,7H2,1H3. The highest BCUT2D eigenvalue weighted by atomic mass is 16.6. The minimum atomic E-state index is 0.180. The lowest BCUT2D eigenvalue weighted by Crippen LogP contribution is -2.26. The van der Waals surface area contributed by atoms with E-state index >= 15 is 0 Å². The first-order valence-electron chi connectivity index (χ1n) is 4.89. The summed E-state index contributed by atoms with van der Waals surface area (Å²) in [5, 5.41) is 0. The second-order valence-electron chi connectivity index (χ2n) is 3.86. The molecule has 0 aromatic carbocycles. The van der Waals surface area contributed by atoms with E-state index in [1.54, 1.807) is 0 Å². The maximum atomic E-state index is 5.73. The topological polar surface area (TPSA) is 21.8 Å². The maximum absolute atomic E-state index is 5.73. The number of hydrogen-bond donors (Lipinski definition) is 0. The number of ether oxygens (including phenoxy) is 2. The van der Waals surface area contributed by atoms with E-state index in [-0.39, 0.29) is 6.10 Å². The molecule has 0 amide bonds. The average molecular weight is 168 g/mol. The van der Waals surface area contributed by atoms with Crippen LogP contribution in [0.4, 0.5) is 0 Å². The Bertz CT molecular complexity index is 143. The summed E-state index contributed by atoms with van der Waals surface area (Å²) in [5.41, 5.74) is 0. The molecule has 2 rings (SSSR count). The highest BCUT2D eigenvalue weighted by Crippen LogP contribution is 2.27. The molecule has 1 heterocycles. The van der Waals surface area contributed by atoms with Gasteiger partial charge in [0.15, 0.2) is 6.61 Å². The van der Waals surface area contributed by atoms with Crippen molar-refractivity contribution in [2.45, 2.75) is 44.8 Å². The SMILES string of the molecule is CC1CCCCC1OCC1[C]O1. The molecule has 1 saturated heterocycles. The quantitative estimate of drug-likeness (QED) is 0.601. The molecule has 2 radical (unpaired) electrons. The highest BCUT2D eigenvalue weighted by Gasteiger charge is 2.29. The molecule has 0 spiro atoms. The smallest absolute Gasteiger partial charge is 0.166 e. The first kappa shape index (κ1) is 8.52. The van der Waals surface area contributed by atoms with Crippen molar-refractivity contribution in [1.29, 1.82) is 0 Å². The fourth-order valence-electron chi connectivity index (χ4n) is 1.86. The molecule has 3 unspecified atom stereocenters. The van der Waals surface area contributed by atoms with Crippen LogP contribution in [-0.4, -0.2) is 18.8 Å². The zero-order valence-electron chi connectivity index (χ0n) is 7.58. The Morgan fingerprint density at radius 1 is 1.42 bits per heavy atom. The van der Waals surface area contributed by atoms with Gasteiger partial charge in [-0.15, -0.1) is 0 Å². The normalized spacial score (nSPS) is 41.2. The van der Waals surface area contributed by atoms with Crippen molar-refractivity contribution in [2.24, 2.45) is 5.92 Å². The molecule has 12 heavy (non-hydrogen) atoms. The van der Waals surface area contributed by atoms with Gasteiger partial charge in [-0.2, -0.15) is 0 Å². The minimum Gasteiger partial charge on any atom is -0.375 e. The van der Waals surface area contributed by atoms with Crippen molar-refractivity contribution in [3.8, 4) is 0 Å². The van der Waals surface area contributed by atoms with E-state index < -0.39 is 0 Å². The van der Waals surface area contributed by atoms with Gasteiger partial charge in [0.05, 0.1) is 12.7 Å². The molecule has 0 bridgehead atoms. The van der Waals surface area contributed by atoms with Gasteiger partial charge < -0.3 is 9.47 Å². The Labute approximate surface area is 74.2 Å². The summed E-state index contributed by atoms with van der Waals surface area (Å²) in [4.78, 5) is 0. The van der Waals surface area contributed by atoms with Crippen LogP contribution in [-0.2, 0) is 9.47 Å². The molecule has 1 aliphatic heterocycles. The Hall–Kier alpha value is -0.0800. The van der Waals surface area contributed by atoms with E-state index in [0.717, 1.165) is 12.5 Å². The third-order valence-electron chi connectivity index (χ3n) is 2.78. The lowest BCUT2D eigenvalue weighted by Gasteiger charge is -2.28. The molecule has 2 aliphatic rings. The molecular weight excluding hydrogens is 152 g/mol. The summed E-state index contributed by atoms with van der Waals surface area (Å²) < 4.78 is 10.6. The van der Waals surface area contributed by atoms with Crippen molar-refractivity contribution < 1.29 is 9.47 Å². The molecule has 2 nitrogen and oxygen atoms in total. The van der Waals surface area contributed by atoms with Crippen molar-refractivity contribution in [1.82, 2.24) is 0 Å². The van der Waals surface area contributed by atoms with Gasteiger partial charge in [-0.25, -0.2) is 0 Å². The van der Waals surface area contributed by atoms with Crippen LogP contribution in [0, 0.1) is 12.5 Å². The van der Waals surface area contributed by atoms with E-state index in [1.165, 1.54) is 25.7 Å². The van der Waals surface area contributed by atoms with Crippen LogP contribution >= 0.6 is 0 Å². The number of rotatable bonds is 3. The monoisotopic (exact) mass is 168 g/mol. The van der Waals surface area contributed by atoms with Gasteiger partial charge in [0.25, 0.3) is 0 Å². The molecule has 0 N–H and O–H groups in total. The van der Waals surface area contributed by atoms with E-state index in [9.17, 15) is 0 Å². The first-order chi connectivity index (χ1) is 5.86. The lowest BCUT2D eigenvalue weighted by molar-refractivity contribution is -0.0114. The fourth-order valence-corrected chi connectivity index (χ4v) is 1.86. The molecule has 0 aromatic heterocycles. The Morgan fingerprint density at radius 3 is 2.83 bits per heavy atom. The highest BCUT2D eigenvalue weighted by molar-refractivity contribution is 4.83. The fraction of sp³-hybridized carbons (Fsp3) is 0.900. The molecule has 3 atom stereocenters. The summed E-state index contributed by atoms with van der Waals surface area (Å²) in [7, 11) is 0. The van der Waals surface area contributed by atoms with Crippen molar-refractivity contribution in [3.05, 3.63) is 6.61 Å². The first-order valence-corrected chi connectivity index (χ1v) is 4.89. The van der Waals surface area contributed by atoms with Gasteiger partial charge >= 0.3 is 0 Å².